The number of imide groups is 1. The van der Waals surface area contributed by atoms with Gasteiger partial charge in [-0.25, -0.2) is 0 Å². The maximum absolute atomic E-state index is 11.5. The van der Waals surface area contributed by atoms with Crippen molar-refractivity contribution in [1.82, 2.24) is 4.90 Å². The minimum atomic E-state index is -0.313. The summed E-state index contributed by atoms with van der Waals surface area (Å²) >= 11 is 3.37. The van der Waals surface area contributed by atoms with Gasteiger partial charge in [0.25, 0.3) is 0 Å². The van der Waals surface area contributed by atoms with Gasteiger partial charge >= 0.3 is 0 Å². The molecule has 1 heterocycles. The van der Waals surface area contributed by atoms with Crippen LogP contribution in [0, 0.1) is 0 Å². The van der Waals surface area contributed by atoms with Crippen LogP contribution in [-0.2, 0) is 9.59 Å². The minimum Gasteiger partial charge on any atom is -0.365 e. The second kappa shape index (κ2) is 4.87. The molecule has 0 bridgehead atoms. The van der Waals surface area contributed by atoms with Gasteiger partial charge < -0.3 is 5.32 Å². The van der Waals surface area contributed by atoms with Crippen LogP contribution in [0.2, 0.25) is 0 Å². The van der Waals surface area contributed by atoms with E-state index in [4.69, 9.17) is 0 Å². The van der Waals surface area contributed by atoms with Crippen molar-refractivity contribution in [3.05, 3.63) is 28.7 Å². The molecule has 0 aromatic heterocycles. The second-order valence-corrected chi connectivity index (χ2v) is 4.90. The molecule has 4 nitrogen and oxygen atoms in total. The smallest absolute Gasteiger partial charge is 0.231 e. The summed E-state index contributed by atoms with van der Waals surface area (Å²) in [6.07, 6.45) is 0.332. The van der Waals surface area contributed by atoms with Crippen LogP contribution in [0.15, 0.2) is 28.7 Å². The Morgan fingerprint density at radius 2 is 1.94 bits per heavy atom. The van der Waals surface area contributed by atoms with Crippen LogP contribution in [0.5, 0.6) is 0 Å². The summed E-state index contributed by atoms with van der Waals surface area (Å²) in [5, 5.41) is 3.14. The number of amides is 2. The van der Waals surface area contributed by atoms with Crippen LogP contribution >= 0.6 is 15.9 Å². The number of likely N-dealkylation sites (tertiary alicyclic amines) is 1. The zero-order valence-electron chi connectivity index (χ0n) is 9.44. The summed E-state index contributed by atoms with van der Waals surface area (Å²) in [6, 6.07) is 7.61. The molecule has 2 amide bonds. The Morgan fingerprint density at radius 1 is 1.29 bits per heavy atom. The van der Waals surface area contributed by atoms with Crippen LogP contribution in [0.25, 0.3) is 0 Å². The first-order chi connectivity index (χ1) is 8.08. The predicted molar refractivity (Wildman–Crippen MR) is 68.3 cm³/mol. The van der Waals surface area contributed by atoms with Crippen molar-refractivity contribution in [3.63, 3.8) is 0 Å². The summed E-state index contributed by atoms with van der Waals surface area (Å²) < 4.78 is 0.953. The van der Waals surface area contributed by atoms with Crippen molar-refractivity contribution in [2.75, 3.05) is 5.32 Å². The highest BCUT2D eigenvalue weighted by atomic mass is 79.9. The van der Waals surface area contributed by atoms with E-state index in [1.165, 1.54) is 4.90 Å². The molecule has 1 aliphatic heterocycles. The highest BCUT2D eigenvalue weighted by molar-refractivity contribution is 9.10. The summed E-state index contributed by atoms with van der Waals surface area (Å²) in [5.41, 5.74) is 0.874. The van der Waals surface area contributed by atoms with Gasteiger partial charge in [0.2, 0.25) is 11.8 Å². The van der Waals surface area contributed by atoms with Gasteiger partial charge in [-0.05, 0) is 25.1 Å². The Kier molecular flexibility index (Phi) is 3.47. The Balaban J connectivity index is 2.08. The molecule has 1 aliphatic rings. The van der Waals surface area contributed by atoms with Gasteiger partial charge in [0.1, 0.15) is 6.17 Å². The van der Waals surface area contributed by atoms with E-state index in [2.05, 4.69) is 21.2 Å². The van der Waals surface area contributed by atoms with E-state index in [1.807, 2.05) is 31.2 Å². The molecular formula is C12H13BrN2O2. The van der Waals surface area contributed by atoms with E-state index in [1.54, 1.807) is 0 Å². The van der Waals surface area contributed by atoms with Gasteiger partial charge in [-0.3, -0.25) is 14.5 Å². The van der Waals surface area contributed by atoms with Gasteiger partial charge in [-0.15, -0.1) is 0 Å². The van der Waals surface area contributed by atoms with Crippen molar-refractivity contribution in [1.29, 1.82) is 0 Å². The van der Waals surface area contributed by atoms with E-state index < -0.39 is 0 Å². The van der Waals surface area contributed by atoms with Crippen molar-refractivity contribution in [2.45, 2.75) is 25.9 Å². The summed E-state index contributed by atoms with van der Waals surface area (Å²) in [4.78, 5) is 24.4. The highest BCUT2D eigenvalue weighted by Crippen LogP contribution is 2.20. The second-order valence-electron chi connectivity index (χ2n) is 3.99. The fourth-order valence-electron chi connectivity index (χ4n) is 1.91. The van der Waals surface area contributed by atoms with E-state index in [9.17, 15) is 9.59 Å². The SMILES string of the molecule is C[C@@H](Nc1cccc(Br)c1)N1C(=O)CCC1=O. The lowest BCUT2D eigenvalue weighted by atomic mass is 10.3. The first-order valence-electron chi connectivity index (χ1n) is 5.45. The van der Waals surface area contributed by atoms with E-state index in [0.717, 1.165) is 10.2 Å². The number of halogens is 1. The van der Waals surface area contributed by atoms with Gasteiger partial charge in [0.05, 0.1) is 0 Å². The minimum absolute atomic E-state index is 0.106. The number of hydrogen-bond acceptors (Lipinski definition) is 3. The summed E-state index contributed by atoms with van der Waals surface area (Å²) in [5.74, 6) is -0.213. The van der Waals surface area contributed by atoms with Crippen molar-refractivity contribution < 1.29 is 9.59 Å². The molecule has 1 fully saturated rings. The summed E-state index contributed by atoms with van der Waals surface area (Å²) in [6.45, 7) is 1.81. The predicted octanol–water partition coefficient (Wildman–Crippen LogP) is 2.36. The molecule has 2 rings (SSSR count). The fraction of sp³-hybridized carbons (Fsp3) is 0.333. The molecule has 1 aromatic rings. The lowest BCUT2D eigenvalue weighted by Gasteiger charge is -2.24. The molecule has 1 atom stereocenters. The third-order valence-electron chi connectivity index (χ3n) is 2.68. The quantitative estimate of drug-likeness (QED) is 0.871. The third-order valence-corrected chi connectivity index (χ3v) is 3.17. The molecule has 1 aromatic carbocycles. The highest BCUT2D eigenvalue weighted by Gasteiger charge is 2.32. The number of rotatable bonds is 3. The van der Waals surface area contributed by atoms with Gasteiger partial charge in [-0.1, -0.05) is 22.0 Å². The Hall–Kier alpha value is -1.36. The number of nitrogens with zero attached hydrogens (tertiary/aromatic N) is 1. The Bertz CT molecular complexity index is 446. The first-order valence-corrected chi connectivity index (χ1v) is 6.24. The van der Waals surface area contributed by atoms with Crippen molar-refractivity contribution >= 4 is 33.4 Å². The molecule has 0 aliphatic carbocycles. The normalized spacial score (nSPS) is 17.4. The topological polar surface area (TPSA) is 49.4 Å². The van der Waals surface area contributed by atoms with Gasteiger partial charge in [0, 0.05) is 23.0 Å². The molecular weight excluding hydrogens is 284 g/mol. The summed E-state index contributed by atoms with van der Waals surface area (Å²) in [7, 11) is 0. The number of anilines is 1. The molecule has 0 radical (unpaired) electrons. The molecule has 1 saturated heterocycles. The average Bonchev–Trinajstić information content (AvgIpc) is 2.58. The molecule has 0 unspecified atom stereocenters. The van der Waals surface area contributed by atoms with E-state index in [0.29, 0.717) is 12.8 Å². The molecule has 17 heavy (non-hydrogen) atoms. The Labute approximate surface area is 108 Å². The number of nitrogens with one attached hydrogen (secondary N) is 1. The monoisotopic (exact) mass is 296 g/mol. The van der Waals surface area contributed by atoms with E-state index >= 15 is 0 Å². The molecule has 90 valence electrons. The van der Waals surface area contributed by atoms with Gasteiger partial charge in [-0.2, -0.15) is 0 Å². The number of carbonyl (C=O) groups is 2. The number of hydrogen-bond donors (Lipinski definition) is 1. The lowest BCUT2D eigenvalue weighted by molar-refractivity contribution is -0.140. The van der Waals surface area contributed by atoms with Crippen molar-refractivity contribution in [3.8, 4) is 0 Å². The molecule has 1 N–H and O–H groups in total. The van der Waals surface area contributed by atoms with E-state index in [-0.39, 0.29) is 18.0 Å². The van der Waals surface area contributed by atoms with Crippen LogP contribution in [0.3, 0.4) is 0 Å². The van der Waals surface area contributed by atoms with Crippen LogP contribution in [-0.4, -0.2) is 22.9 Å². The lowest BCUT2D eigenvalue weighted by Crippen LogP contribution is -2.42. The Morgan fingerprint density at radius 3 is 2.53 bits per heavy atom. The fourth-order valence-corrected chi connectivity index (χ4v) is 2.31. The first kappa shape index (κ1) is 12.1. The molecule has 0 spiro atoms. The molecule has 5 heteroatoms. The number of carbonyl (C=O) groups excluding carboxylic acids is 2. The van der Waals surface area contributed by atoms with Crippen molar-refractivity contribution in [2.24, 2.45) is 0 Å². The van der Waals surface area contributed by atoms with Crippen LogP contribution in [0.1, 0.15) is 19.8 Å². The largest absolute Gasteiger partial charge is 0.365 e. The standard InChI is InChI=1S/C12H13BrN2O2/c1-8(15-11(16)5-6-12(15)17)14-10-4-2-3-9(13)7-10/h2-4,7-8,14H,5-6H2,1H3/t8-/m0/s1. The zero-order valence-corrected chi connectivity index (χ0v) is 11.0. The van der Waals surface area contributed by atoms with Gasteiger partial charge in [0.15, 0.2) is 0 Å². The van der Waals surface area contributed by atoms with Crippen LogP contribution in [0.4, 0.5) is 5.69 Å². The maximum atomic E-state index is 11.5. The third kappa shape index (κ3) is 2.66. The maximum Gasteiger partial charge on any atom is 0.231 e. The zero-order chi connectivity index (χ0) is 12.4. The number of benzene rings is 1. The van der Waals surface area contributed by atoms with Crippen LogP contribution < -0.4 is 5.32 Å². The molecule has 0 saturated carbocycles. The average molecular weight is 297 g/mol.